The molecule has 1 spiro atoms. The molecular weight excluding hydrogens is 294 g/mol. The van der Waals surface area contributed by atoms with Crippen molar-refractivity contribution in [1.82, 2.24) is 15.5 Å². The lowest BCUT2D eigenvalue weighted by Crippen LogP contribution is -2.49. The number of carbonyl (C=O) groups excluding carboxylic acids is 3. The molecule has 1 atom stereocenters. The Hall–Kier alpha value is -2.37. The van der Waals surface area contributed by atoms with Crippen LogP contribution in [0.25, 0.3) is 0 Å². The summed E-state index contributed by atoms with van der Waals surface area (Å²) in [6.07, 6.45) is 3.17. The second kappa shape index (κ2) is 6.02. The van der Waals surface area contributed by atoms with Gasteiger partial charge in [-0.3, -0.25) is 9.59 Å². The van der Waals surface area contributed by atoms with Crippen molar-refractivity contribution in [2.45, 2.75) is 50.7 Å². The summed E-state index contributed by atoms with van der Waals surface area (Å²) in [6, 6.07) is 8.24. The van der Waals surface area contributed by atoms with Crippen molar-refractivity contribution in [3.05, 3.63) is 35.9 Å². The van der Waals surface area contributed by atoms with Gasteiger partial charge in [0.2, 0.25) is 5.91 Å². The highest BCUT2D eigenvalue weighted by atomic mass is 16.2. The van der Waals surface area contributed by atoms with Gasteiger partial charge in [-0.05, 0) is 25.3 Å². The van der Waals surface area contributed by atoms with Gasteiger partial charge >= 0.3 is 6.03 Å². The lowest BCUT2D eigenvalue weighted by molar-refractivity contribution is -0.137. The van der Waals surface area contributed by atoms with Crippen molar-refractivity contribution in [3.63, 3.8) is 0 Å². The molecule has 122 valence electrons. The molecule has 2 aliphatic rings. The maximum atomic E-state index is 12.6. The number of carbonyl (C=O) groups is 3. The van der Waals surface area contributed by atoms with Crippen LogP contribution in [-0.4, -0.2) is 34.3 Å². The first kappa shape index (κ1) is 15.5. The number of nitrogens with one attached hydrogen (secondary N) is 2. The van der Waals surface area contributed by atoms with Crippen LogP contribution in [0.4, 0.5) is 4.79 Å². The predicted molar refractivity (Wildman–Crippen MR) is 84.3 cm³/mol. The van der Waals surface area contributed by atoms with Crippen LogP contribution in [0.3, 0.4) is 0 Å². The molecule has 23 heavy (non-hydrogen) atoms. The summed E-state index contributed by atoms with van der Waals surface area (Å²) in [5, 5.41) is 5.58. The van der Waals surface area contributed by atoms with Gasteiger partial charge < -0.3 is 10.6 Å². The van der Waals surface area contributed by atoms with E-state index in [9.17, 15) is 14.4 Å². The minimum atomic E-state index is -0.814. The van der Waals surface area contributed by atoms with Gasteiger partial charge in [-0.1, -0.05) is 43.2 Å². The van der Waals surface area contributed by atoms with Crippen molar-refractivity contribution in [2.75, 3.05) is 0 Å². The number of hydrogen-bond acceptors (Lipinski definition) is 3. The van der Waals surface area contributed by atoms with Crippen molar-refractivity contribution in [3.8, 4) is 0 Å². The van der Waals surface area contributed by atoms with E-state index >= 15 is 0 Å². The van der Waals surface area contributed by atoms with Crippen LogP contribution in [0.2, 0.25) is 0 Å². The lowest BCUT2D eigenvalue weighted by atomic mass is 9.97. The van der Waals surface area contributed by atoms with Gasteiger partial charge in [0.05, 0.1) is 0 Å². The zero-order chi connectivity index (χ0) is 16.4. The van der Waals surface area contributed by atoms with Crippen LogP contribution in [-0.2, 0) is 16.1 Å². The third-order valence-corrected chi connectivity index (χ3v) is 4.73. The van der Waals surface area contributed by atoms with E-state index in [0.29, 0.717) is 19.4 Å². The SMILES string of the molecule is CC(C(=O)NCc1ccccc1)N1C(=O)NC2(CCCC2)C1=O. The van der Waals surface area contributed by atoms with Crippen molar-refractivity contribution in [1.29, 1.82) is 0 Å². The minimum Gasteiger partial charge on any atom is -0.350 e. The smallest absolute Gasteiger partial charge is 0.325 e. The Morgan fingerprint density at radius 3 is 2.57 bits per heavy atom. The molecule has 1 unspecified atom stereocenters. The highest BCUT2D eigenvalue weighted by Gasteiger charge is 2.54. The van der Waals surface area contributed by atoms with Gasteiger partial charge in [-0.2, -0.15) is 0 Å². The zero-order valence-corrected chi connectivity index (χ0v) is 13.2. The van der Waals surface area contributed by atoms with E-state index in [0.717, 1.165) is 23.3 Å². The van der Waals surface area contributed by atoms with Gasteiger partial charge in [-0.15, -0.1) is 0 Å². The number of benzene rings is 1. The van der Waals surface area contributed by atoms with E-state index in [1.165, 1.54) is 0 Å². The summed E-state index contributed by atoms with van der Waals surface area (Å²) in [7, 11) is 0. The first-order valence-electron chi connectivity index (χ1n) is 8.01. The lowest BCUT2D eigenvalue weighted by Gasteiger charge is -2.23. The summed E-state index contributed by atoms with van der Waals surface area (Å²) in [5.74, 6) is -0.588. The fraction of sp³-hybridized carbons (Fsp3) is 0.471. The third-order valence-electron chi connectivity index (χ3n) is 4.73. The second-order valence-corrected chi connectivity index (χ2v) is 6.27. The molecule has 1 heterocycles. The normalized spacial score (nSPS) is 20.7. The second-order valence-electron chi connectivity index (χ2n) is 6.27. The Morgan fingerprint density at radius 1 is 1.26 bits per heavy atom. The van der Waals surface area contributed by atoms with E-state index in [1.54, 1.807) is 6.92 Å². The van der Waals surface area contributed by atoms with Crippen LogP contribution >= 0.6 is 0 Å². The Kier molecular flexibility index (Phi) is 4.07. The fourth-order valence-electron chi connectivity index (χ4n) is 3.36. The van der Waals surface area contributed by atoms with E-state index in [1.807, 2.05) is 30.3 Å². The van der Waals surface area contributed by atoms with E-state index < -0.39 is 17.6 Å². The molecule has 4 amide bonds. The monoisotopic (exact) mass is 315 g/mol. The zero-order valence-electron chi connectivity index (χ0n) is 13.2. The molecule has 6 nitrogen and oxygen atoms in total. The third kappa shape index (κ3) is 2.81. The molecule has 2 fully saturated rings. The largest absolute Gasteiger partial charge is 0.350 e. The molecule has 1 aromatic rings. The number of amides is 4. The summed E-state index contributed by atoms with van der Waals surface area (Å²) in [4.78, 5) is 38.2. The van der Waals surface area contributed by atoms with E-state index in [4.69, 9.17) is 0 Å². The molecule has 6 heteroatoms. The summed E-state index contributed by atoms with van der Waals surface area (Å²) >= 11 is 0. The standard InChI is InChI=1S/C17H21N3O3/c1-12(14(21)18-11-13-7-3-2-4-8-13)20-15(22)17(19-16(20)23)9-5-6-10-17/h2-4,7-8,12H,5-6,9-11H2,1H3,(H,18,21)(H,19,23). The topological polar surface area (TPSA) is 78.5 Å². The Labute approximate surface area is 135 Å². The maximum Gasteiger partial charge on any atom is 0.325 e. The highest BCUT2D eigenvalue weighted by Crippen LogP contribution is 2.35. The van der Waals surface area contributed by atoms with Crippen molar-refractivity contribution < 1.29 is 14.4 Å². The molecule has 1 aliphatic heterocycles. The first-order chi connectivity index (χ1) is 11.0. The average Bonchev–Trinajstić information content (AvgIpc) is 3.11. The predicted octanol–water partition coefficient (Wildman–Crippen LogP) is 1.56. The number of imide groups is 1. The number of urea groups is 1. The van der Waals surface area contributed by atoms with Crippen molar-refractivity contribution >= 4 is 17.8 Å². The Balaban J connectivity index is 1.65. The van der Waals surface area contributed by atoms with Crippen LogP contribution in [0.1, 0.15) is 38.2 Å². The Bertz CT molecular complexity index is 623. The van der Waals surface area contributed by atoms with Gasteiger partial charge in [0.15, 0.2) is 0 Å². The molecule has 0 aromatic heterocycles. The molecule has 1 saturated heterocycles. The number of nitrogens with zero attached hydrogens (tertiary/aromatic N) is 1. The molecule has 0 bridgehead atoms. The van der Waals surface area contributed by atoms with Crippen LogP contribution in [0.15, 0.2) is 30.3 Å². The molecule has 1 saturated carbocycles. The van der Waals surface area contributed by atoms with Crippen LogP contribution in [0.5, 0.6) is 0 Å². The van der Waals surface area contributed by atoms with Crippen LogP contribution in [0, 0.1) is 0 Å². The van der Waals surface area contributed by atoms with E-state index in [2.05, 4.69) is 10.6 Å². The maximum absolute atomic E-state index is 12.6. The molecular formula is C17H21N3O3. The Morgan fingerprint density at radius 2 is 1.91 bits per heavy atom. The number of hydrogen-bond donors (Lipinski definition) is 2. The molecule has 3 rings (SSSR count). The number of rotatable bonds is 4. The summed E-state index contributed by atoms with van der Waals surface area (Å²) < 4.78 is 0. The van der Waals surface area contributed by atoms with Gasteiger partial charge in [-0.25, -0.2) is 9.69 Å². The molecule has 1 aromatic carbocycles. The summed E-state index contributed by atoms with van der Waals surface area (Å²) in [5.41, 5.74) is 0.197. The highest BCUT2D eigenvalue weighted by molar-refractivity contribution is 6.09. The molecule has 1 aliphatic carbocycles. The fourth-order valence-corrected chi connectivity index (χ4v) is 3.36. The van der Waals surface area contributed by atoms with Crippen molar-refractivity contribution in [2.24, 2.45) is 0 Å². The van der Waals surface area contributed by atoms with Gasteiger partial charge in [0.25, 0.3) is 5.91 Å². The van der Waals surface area contributed by atoms with E-state index in [-0.39, 0.29) is 11.8 Å². The van der Waals surface area contributed by atoms with Gasteiger partial charge in [0.1, 0.15) is 11.6 Å². The minimum absolute atomic E-state index is 0.262. The first-order valence-corrected chi connectivity index (χ1v) is 8.01. The average molecular weight is 315 g/mol. The van der Waals surface area contributed by atoms with Crippen LogP contribution < -0.4 is 10.6 Å². The molecule has 0 radical (unpaired) electrons. The summed E-state index contributed by atoms with van der Waals surface area (Å²) in [6.45, 7) is 1.96. The quantitative estimate of drug-likeness (QED) is 0.828. The molecule has 2 N–H and O–H groups in total. The van der Waals surface area contributed by atoms with Gasteiger partial charge in [0, 0.05) is 6.54 Å².